The fraction of sp³-hybridized carbons (Fsp3) is 0.250. The summed E-state index contributed by atoms with van der Waals surface area (Å²) in [5, 5.41) is 7.24. The van der Waals surface area contributed by atoms with E-state index in [1.165, 1.54) is 0 Å². The van der Waals surface area contributed by atoms with Gasteiger partial charge in [0.2, 0.25) is 0 Å². The van der Waals surface area contributed by atoms with Crippen molar-refractivity contribution in [3.05, 3.63) is 63.3 Å². The predicted molar refractivity (Wildman–Crippen MR) is 95.3 cm³/mol. The maximum absolute atomic E-state index is 6.20. The van der Waals surface area contributed by atoms with E-state index in [1.54, 1.807) is 13.2 Å². The minimum Gasteiger partial charge on any atom is -0.356 e. The molecule has 0 radical (unpaired) electrons. The molecule has 2 aromatic rings. The lowest BCUT2D eigenvalue weighted by Gasteiger charge is -2.12. The fourth-order valence-corrected chi connectivity index (χ4v) is 2.66. The lowest BCUT2D eigenvalue weighted by molar-refractivity contribution is 0.784. The Hall–Kier alpha value is -1.59. The Labute approximate surface area is 144 Å². The predicted octanol–water partition coefficient (Wildman–Crippen LogP) is 3.41. The zero-order valence-electron chi connectivity index (χ0n) is 12.3. The molecule has 0 spiro atoms. The quantitative estimate of drug-likeness (QED) is 0.616. The van der Waals surface area contributed by atoms with Crippen LogP contribution in [0.3, 0.4) is 0 Å². The second-order valence-electron chi connectivity index (χ2n) is 4.66. The summed E-state index contributed by atoms with van der Waals surface area (Å²) in [6.07, 6.45) is 2.65. The molecule has 2 rings (SSSR count). The first-order valence-corrected chi connectivity index (χ1v) is 8.14. The van der Waals surface area contributed by atoms with Crippen molar-refractivity contribution in [3.8, 4) is 0 Å². The molecule has 22 heavy (non-hydrogen) atoms. The van der Waals surface area contributed by atoms with E-state index in [2.05, 4.69) is 36.5 Å². The number of hydrogen-bond acceptors (Lipinski definition) is 2. The van der Waals surface area contributed by atoms with Gasteiger partial charge in [0.25, 0.3) is 0 Å². The van der Waals surface area contributed by atoms with Crippen LogP contribution >= 0.6 is 27.5 Å². The van der Waals surface area contributed by atoms with Gasteiger partial charge in [-0.1, -0.05) is 39.7 Å². The SMILES string of the molecule is CN=C(NCCc1ccccn1)NCc1ccc(Br)cc1Cl. The molecule has 0 aliphatic carbocycles. The molecule has 0 aliphatic heterocycles. The van der Waals surface area contributed by atoms with Crippen molar-refractivity contribution in [3.63, 3.8) is 0 Å². The number of nitrogens with one attached hydrogen (secondary N) is 2. The van der Waals surface area contributed by atoms with Crippen LogP contribution in [0.4, 0.5) is 0 Å². The van der Waals surface area contributed by atoms with Crippen LogP contribution in [0, 0.1) is 0 Å². The van der Waals surface area contributed by atoms with Crippen molar-refractivity contribution < 1.29 is 0 Å². The van der Waals surface area contributed by atoms with Gasteiger partial charge in [0.05, 0.1) is 0 Å². The van der Waals surface area contributed by atoms with Crippen molar-refractivity contribution in [1.29, 1.82) is 0 Å². The summed E-state index contributed by atoms with van der Waals surface area (Å²) in [6, 6.07) is 11.8. The molecule has 1 aromatic heterocycles. The maximum Gasteiger partial charge on any atom is 0.191 e. The normalized spacial score (nSPS) is 11.3. The molecule has 0 fully saturated rings. The molecular weight excluding hydrogens is 364 g/mol. The first-order valence-electron chi connectivity index (χ1n) is 6.97. The molecule has 2 N–H and O–H groups in total. The summed E-state index contributed by atoms with van der Waals surface area (Å²) >= 11 is 9.60. The number of nitrogens with zero attached hydrogens (tertiary/aromatic N) is 2. The Morgan fingerprint density at radius 2 is 2.14 bits per heavy atom. The molecule has 0 atom stereocenters. The highest BCUT2D eigenvalue weighted by molar-refractivity contribution is 9.10. The van der Waals surface area contributed by atoms with Crippen molar-refractivity contribution in [2.45, 2.75) is 13.0 Å². The van der Waals surface area contributed by atoms with Gasteiger partial charge in [-0.3, -0.25) is 9.98 Å². The number of pyridine rings is 1. The van der Waals surface area contributed by atoms with Gasteiger partial charge in [0.1, 0.15) is 0 Å². The molecule has 4 nitrogen and oxygen atoms in total. The minimum absolute atomic E-state index is 0.620. The number of guanidine groups is 1. The molecule has 0 aliphatic rings. The maximum atomic E-state index is 6.20. The number of aromatic nitrogens is 1. The van der Waals surface area contributed by atoms with Crippen LogP contribution in [-0.2, 0) is 13.0 Å². The molecule has 116 valence electrons. The third-order valence-electron chi connectivity index (χ3n) is 3.08. The van der Waals surface area contributed by atoms with Gasteiger partial charge in [-0.2, -0.15) is 0 Å². The van der Waals surface area contributed by atoms with E-state index in [0.717, 1.165) is 39.7 Å². The number of hydrogen-bond donors (Lipinski definition) is 2. The Kier molecular flexibility index (Phi) is 6.68. The van der Waals surface area contributed by atoms with Crippen molar-refractivity contribution >= 4 is 33.5 Å². The zero-order chi connectivity index (χ0) is 15.8. The average molecular weight is 382 g/mol. The van der Waals surface area contributed by atoms with E-state index in [9.17, 15) is 0 Å². The molecule has 0 unspecified atom stereocenters. The van der Waals surface area contributed by atoms with Gasteiger partial charge in [-0.05, 0) is 29.8 Å². The highest BCUT2D eigenvalue weighted by atomic mass is 79.9. The van der Waals surface area contributed by atoms with Gasteiger partial charge in [-0.25, -0.2) is 0 Å². The van der Waals surface area contributed by atoms with Crippen LogP contribution in [-0.4, -0.2) is 24.5 Å². The summed E-state index contributed by atoms with van der Waals surface area (Å²) < 4.78 is 0.971. The highest BCUT2D eigenvalue weighted by Gasteiger charge is 2.03. The van der Waals surface area contributed by atoms with Crippen LogP contribution in [0.1, 0.15) is 11.3 Å². The first kappa shape index (κ1) is 16.8. The van der Waals surface area contributed by atoms with Crippen molar-refractivity contribution in [2.24, 2.45) is 4.99 Å². The van der Waals surface area contributed by atoms with Crippen LogP contribution in [0.15, 0.2) is 52.1 Å². The topological polar surface area (TPSA) is 49.3 Å². The lowest BCUT2D eigenvalue weighted by Crippen LogP contribution is -2.38. The number of halogens is 2. The van der Waals surface area contributed by atoms with E-state index < -0.39 is 0 Å². The molecule has 1 aromatic carbocycles. The second kappa shape index (κ2) is 8.76. The van der Waals surface area contributed by atoms with Gasteiger partial charge >= 0.3 is 0 Å². The smallest absolute Gasteiger partial charge is 0.191 e. The largest absolute Gasteiger partial charge is 0.356 e. The summed E-state index contributed by atoms with van der Waals surface area (Å²) in [5.74, 6) is 0.745. The monoisotopic (exact) mass is 380 g/mol. The Morgan fingerprint density at radius 3 is 2.82 bits per heavy atom. The van der Waals surface area contributed by atoms with E-state index >= 15 is 0 Å². The van der Waals surface area contributed by atoms with E-state index in [-0.39, 0.29) is 0 Å². The van der Waals surface area contributed by atoms with Crippen LogP contribution in [0.2, 0.25) is 5.02 Å². The van der Waals surface area contributed by atoms with Crippen LogP contribution in [0.5, 0.6) is 0 Å². The van der Waals surface area contributed by atoms with Gasteiger partial charge in [0.15, 0.2) is 5.96 Å². The molecule has 0 saturated heterocycles. The highest BCUT2D eigenvalue weighted by Crippen LogP contribution is 2.21. The van der Waals surface area contributed by atoms with E-state index in [1.807, 2.05) is 36.4 Å². The van der Waals surface area contributed by atoms with Crippen LogP contribution < -0.4 is 10.6 Å². The van der Waals surface area contributed by atoms with E-state index in [0.29, 0.717) is 6.54 Å². The van der Waals surface area contributed by atoms with Crippen molar-refractivity contribution in [1.82, 2.24) is 15.6 Å². The summed E-state index contributed by atoms with van der Waals surface area (Å²) in [7, 11) is 1.75. The Balaban J connectivity index is 1.80. The lowest BCUT2D eigenvalue weighted by atomic mass is 10.2. The molecule has 0 amide bonds. The minimum atomic E-state index is 0.620. The van der Waals surface area contributed by atoms with Crippen molar-refractivity contribution in [2.75, 3.05) is 13.6 Å². The first-order chi connectivity index (χ1) is 10.7. The molecule has 1 heterocycles. The number of aliphatic imine (C=N–C) groups is 1. The Bertz CT molecular complexity index is 631. The average Bonchev–Trinajstić information content (AvgIpc) is 2.53. The van der Waals surface area contributed by atoms with E-state index in [4.69, 9.17) is 11.6 Å². The third-order valence-corrected chi connectivity index (χ3v) is 3.93. The Morgan fingerprint density at radius 1 is 1.27 bits per heavy atom. The molecule has 0 bridgehead atoms. The third kappa shape index (κ3) is 5.31. The fourth-order valence-electron chi connectivity index (χ4n) is 1.92. The summed E-state index contributed by atoms with van der Waals surface area (Å²) in [5.41, 5.74) is 2.08. The second-order valence-corrected chi connectivity index (χ2v) is 5.98. The number of rotatable bonds is 5. The zero-order valence-corrected chi connectivity index (χ0v) is 14.7. The van der Waals surface area contributed by atoms with Crippen LogP contribution in [0.25, 0.3) is 0 Å². The molecule has 0 saturated carbocycles. The van der Waals surface area contributed by atoms with Gasteiger partial charge in [-0.15, -0.1) is 0 Å². The van der Waals surface area contributed by atoms with Gasteiger partial charge in [0, 0.05) is 47.9 Å². The summed E-state index contributed by atoms with van der Waals surface area (Å²) in [6.45, 7) is 1.39. The van der Waals surface area contributed by atoms with Gasteiger partial charge < -0.3 is 10.6 Å². The molecule has 6 heteroatoms. The molecular formula is C16H18BrClN4. The summed E-state index contributed by atoms with van der Waals surface area (Å²) in [4.78, 5) is 8.50. The standard InChI is InChI=1S/C16H18BrClN4/c1-19-16(21-9-7-14-4-2-3-8-20-14)22-11-12-5-6-13(17)10-15(12)18/h2-6,8,10H,7,9,11H2,1H3,(H2,19,21,22). The number of benzene rings is 1.